The molecule has 1 amide bonds. The molecule has 0 fully saturated rings. The van der Waals surface area contributed by atoms with E-state index < -0.39 is 23.7 Å². The van der Waals surface area contributed by atoms with Crippen LogP contribution in [0.25, 0.3) is 10.9 Å². The molecule has 2 rings (SSSR count). The summed E-state index contributed by atoms with van der Waals surface area (Å²) >= 11 is 0. The van der Waals surface area contributed by atoms with E-state index in [-0.39, 0.29) is 6.42 Å². The fourth-order valence-electron chi connectivity index (χ4n) is 2.22. The first-order chi connectivity index (χ1) is 10.8. The van der Waals surface area contributed by atoms with E-state index in [9.17, 15) is 14.1 Å². The quantitative estimate of drug-likeness (QED) is 0.906. The number of amides is 1. The molecule has 0 radical (unpaired) electrons. The van der Waals surface area contributed by atoms with Crippen molar-refractivity contribution >= 4 is 23.0 Å². The van der Waals surface area contributed by atoms with Gasteiger partial charge in [-0.3, -0.25) is 4.94 Å². The molecule has 0 aliphatic rings. The van der Waals surface area contributed by atoms with Crippen molar-refractivity contribution < 1.29 is 23.8 Å². The summed E-state index contributed by atoms with van der Waals surface area (Å²) in [4.78, 5) is 29.7. The van der Waals surface area contributed by atoms with Gasteiger partial charge in [0, 0.05) is 28.0 Å². The molecular weight excluding hydrogens is 303 g/mol. The molecule has 23 heavy (non-hydrogen) atoms. The average Bonchev–Trinajstić information content (AvgIpc) is 2.87. The fourth-order valence-corrected chi connectivity index (χ4v) is 2.22. The number of ether oxygens (including phenoxy) is 1. The van der Waals surface area contributed by atoms with Crippen LogP contribution in [0.15, 0.2) is 30.5 Å². The van der Waals surface area contributed by atoms with Gasteiger partial charge in [-0.1, -0.05) is 18.2 Å². The predicted molar refractivity (Wildman–Crippen MR) is 82.4 cm³/mol. The fraction of sp³-hybridized carbons (Fsp3) is 0.375. The van der Waals surface area contributed by atoms with Gasteiger partial charge in [0.2, 0.25) is 0 Å². The van der Waals surface area contributed by atoms with Gasteiger partial charge in [0.05, 0.1) is 0 Å². The second-order valence-electron chi connectivity index (χ2n) is 6.16. The topological polar surface area (TPSA) is 80.4 Å². The van der Waals surface area contributed by atoms with Crippen LogP contribution in [0.4, 0.5) is 9.32 Å². The highest BCUT2D eigenvalue weighted by Gasteiger charge is 2.27. The normalized spacial score (nSPS) is 12.7. The van der Waals surface area contributed by atoms with Crippen LogP contribution in [-0.2, 0) is 20.9 Å². The average molecular weight is 322 g/mol. The van der Waals surface area contributed by atoms with Crippen LogP contribution >= 0.6 is 0 Å². The molecule has 124 valence electrons. The molecule has 0 aliphatic carbocycles. The zero-order chi connectivity index (χ0) is 17.0. The van der Waals surface area contributed by atoms with Gasteiger partial charge in [-0.2, -0.15) is 0 Å². The predicted octanol–water partition coefficient (Wildman–Crippen LogP) is 3.03. The van der Waals surface area contributed by atoms with Crippen molar-refractivity contribution in [2.24, 2.45) is 0 Å². The number of aromatic amines is 1. The highest BCUT2D eigenvalue weighted by atomic mass is 19.3. The largest absolute Gasteiger partial charge is 0.444 e. The van der Waals surface area contributed by atoms with Crippen LogP contribution in [0.5, 0.6) is 0 Å². The summed E-state index contributed by atoms with van der Waals surface area (Å²) in [5.41, 5.74) is 0.911. The number of hydrogen-bond acceptors (Lipinski definition) is 4. The van der Waals surface area contributed by atoms with Gasteiger partial charge in [-0.15, -0.1) is 0 Å². The minimum absolute atomic E-state index is 0.0754. The molecular formula is C16H19FN2O4. The first-order valence-electron chi connectivity index (χ1n) is 7.17. The molecule has 0 spiro atoms. The number of para-hydroxylation sites is 1. The summed E-state index contributed by atoms with van der Waals surface area (Å²) in [6.45, 7) is 5.07. The Balaban J connectivity index is 2.16. The molecule has 6 nitrogen and oxygen atoms in total. The number of benzene rings is 1. The van der Waals surface area contributed by atoms with E-state index >= 15 is 0 Å². The van der Waals surface area contributed by atoms with Crippen LogP contribution < -0.4 is 5.32 Å². The van der Waals surface area contributed by atoms with Crippen molar-refractivity contribution in [3.63, 3.8) is 0 Å². The van der Waals surface area contributed by atoms with Crippen molar-refractivity contribution in [3.05, 3.63) is 36.0 Å². The summed E-state index contributed by atoms with van der Waals surface area (Å²) in [6.07, 6.45) is 0.971. The third-order valence-corrected chi connectivity index (χ3v) is 3.15. The summed E-state index contributed by atoms with van der Waals surface area (Å²) in [6, 6.07) is 6.28. The number of rotatable bonds is 4. The van der Waals surface area contributed by atoms with E-state index in [2.05, 4.69) is 15.2 Å². The molecule has 0 aliphatic heterocycles. The maximum atomic E-state index is 12.3. The first kappa shape index (κ1) is 16.8. The minimum atomic E-state index is -1.19. The van der Waals surface area contributed by atoms with Gasteiger partial charge in [-0.05, 0) is 32.4 Å². The standard InChI is InChI=1S/C16H19FN2O4/c1-16(2,3)22-15(21)19-13(14(20)23-17)8-10-9-18-12-7-5-4-6-11(10)12/h4-7,9,13,18H,8H2,1-3H3,(H,19,21). The van der Waals surface area contributed by atoms with E-state index in [1.165, 1.54) is 0 Å². The zero-order valence-corrected chi connectivity index (χ0v) is 13.2. The molecule has 0 saturated heterocycles. The van der Waals surface area contributed by atoms with Gasteiger partial charge in [-0.25, -0.2) is 9.59 Å². The maximum absolute atomic E-state index is 12.3. The van der Waals surface area contributed by atoms with E-state index in [4.69, 9.17) is 4.74 Å². The van der Waals surface area contributed by atoms with Gasteiger partial charge >= 0.3 is 12.1 Å². The highest BCUT2D eigenvalue weighted by molar-refractivity contribution is 5.86. The molecule has 1 aromatic carbocycles. The summed E-state index contributed by atoms with van der Waals surface area (Å²) < 4.78 is 17.4. The molecule has 2 N–H and O–H groups in total. The molecule has 1 heterocycles. The lowest BCUT2D eigenvalue weighted by Crippen LogP contribution is -2.44. The number of aromatic nitrogens is 1. The summed E-state index contributed by atoms with van der Waals surface area (Å²) in [5.74, 6) is -1.18. The number of fused-ring (bicyclic) bond motifs is 1. The summed E-state index contributed by atoms with van der Waals surface area (Å²) in [7, 11) is 0. The van der Waals surface area contributed by atoms with Crippen LogP contribution in [0, 0.1) is 0 Å². The highest BCUT2D eigenvalue weighted by Crippen LogP contribution is 2.19. The molecule has 1 atom stereocenters. The van der Waals surface area contributed by atoms with E-state index in [1.807, 2.05) is 24.3 Å². The van der Waals surface area contributed by atoms with Gasteiger partial charge in [0.15, 0.2) is 0 Å². The number of H-pyrrole nitrogens is 1. The van der Waals surface area contributed by atoms with Gasteiger partial charge in [0.25, 0.3) is 0 Å². The Hall–Kier alpha value is -2.57. The smallest absolute Gasteiger partial charge is 0.408 e. The number of carbonyl (C=O) groups is 2. The Morgan fingerprint density at radius 2 is 2.00 bits per heavy atom. The minimum Gasteiger partial charge on any atom is -0.444 e. The van der Waals surface area contributed by atoms with Crippen molar-refractivity contribution in [2.75, 3.05) is 0 Å². The van der Waals surface area contributed by atoms with E-state index in [1.54, 1.807) is 27.0 Å². The van der Waals surface area contributed by atoms with Gasteiger partial charge < -0.3 is 15.0 Å². The molecule has 2 aromatic rings. The Morgan fingerprint density at radius 1 is 1.30 bits per heavy atom. The lowest BCUT2D eigenvalue weighted by atomic mass is 10.1. The molecule has 1 unspecified atom stereocenters. The van der Waals surface area contributed by atoms with Crippen molar-refractivity contribution in [2.45, 2.75) is 38.8 Å². The van der Waals surface area contributed by atoms with Gasteiger partial charge in [0.1, 0.15) is 11.6 Å². The number of nitrogens with one attached hydrogen (secondary N) is 2. The second-order valence-corrected chi connectivity index (χ2v) is 6.16. The van der Waals surface area contributed by atoms with Crippen LogP contribution in [-0.4, -0.2) is 28.7 Å². The van der Waals surface area contributed by atoms with E-state index in [0.29, 0.717) is 0 Å². The summed E-state index contributed by atoms with van der Waals surface area (Å²) in [5, 5.41) is 3.22. The Bertz CT molecular complexity index is 705. The third-order valence-electron chi connectivity index (χ3n) is 3.15. The number of hydrogen-bond donors (Lipinski definition) is 2. The lowest BCUT2D eigenvalue weighted by Gasteiger charge is -2.22. The zero-order valence-electron chi connectivity index (χ0n) is 13.2. The second kappa shape index (κ2) is 6.68. The Morgan fingerprint density at radius 3 is 2.65 bits per heavy atom. The van der Waals surface area contributed by atoms with Crippen molar-refractivity contribution in [3.8, 4) is 0 Å². The monoisotopic (exact) mass is 322 g/mol. The van der Waals surface area contributed by atoms with Crippen LogP contribution in [0.3, 0.4) is 0 Å². The molecule has 0 saturated carbocycles. The van der Waals surface area contributed by atoms with Crippen LogP contribution in [0.2, 0.25) is 0 Å². The van der Waals surface area contributed by atoms with Crippen molar-refractivity contribution in [1.29, 1.82) is 0 Å². The first-order valence-corrected chi connectivity index (χ1v) is 7.17. The number of carbonyl (C=O) groups excluding carboxylic acids is 2. The molecule has 1 aromatic heterocycles. The maximum Gasteiger partial charge on any atom is 0.408 e. The third kappa shape index (κ3) is 4.45. The Labute approximate surface area is 132 Å². The number of alkyl carbamates (subject to hydrolysis) is 1. The lowest BCUT2D eigenvalue weighted by molar-refractivity contribution is -0.186. The SMILES string of the molecule is CC(C)(C)OC(=O)NC(Cc1c[nH]c2ccccc12)C(=O)OF. The van der Waals surface area contributed by atoms with Crippen LogP contribution in [0.1, 0.15) is 26.3 Å². The Kier molecular flexibility index (Phi) is 4.88. The molecule has 7 heteroatoms. The van der Waals surface area contributed by atoms with Crippen molar-refractivity contribution in [1.82, 2.24) is 10.3 Å². The van der Waals surface area contributed by atoms with E-state index in [0.717, 1.165) is 16.5 Å². The molecule has 0 bridgehead atoms. The number of halogens is 1.